The number of aromatic nitrogens is 1. The lowest BCUT2D eigenvalue weighted by atomic mass is 9.96. The maximum Gasteiger partial charge on any atom is 0.311 e. The number of pyridine rings is 1. The number of amides is 1. The first-order chi connectivity index (χ1) is 14.7. The van der Waals surface area contributed by atoms with Crippen LogP contribution in [0.1, 0.15) is 36.2 Å². The highest BCUT2D eigenvalue weighted by molar-refractivity contribution is 6.30. The van der Waals surface area contributed by atoms with Crippen LogP contribution in [0.4, 0.5) is 5.69 Å². The Labute approximate surface area is 183 Å². The molecule has 1 fully saturated rings. The zero-order valence-electron chi connectivity index (χ0n) is 17.1. The number of Topliss-reactive ketones (excluding diaryl/α,β-unsaturated/α-hetero) is 1. The van der Waals surface area contributed by atoms with Gasteiger partial charge in [0.15, 0.2) is 17.6 Å². The molecule has 1 amide bonds. The third kappa shape index (κ3) is 4.77. The highest BCUT2D eigenvalue weighted by Crippen LogP contribution is 2.30. The van der Waals surface area contributed by atoms with Gasteiger partial charge in [-0.05, 0) is 37.0 Å². The number of rotatable bonds is 6. The Hall–Kier alpha value is -3.20. The molecule has 31 heavy (non-hydrogen) atoms. The molecule has 0 bridgehead atoms. The van der Waals surface area contributed by atoms with E-state index in [4.69, 9.17) is 16.3 Å². The second-order valence-corrected chi connectivity index (χ2v) is 7.95. The van der Waals surface area contributed by atoms with Crippen LogP contribution in [0.3, 0.4) is 0 Å². The van der Waals surface area contributed by atoms with E-state index >= 15 is 0 Å². The van der Waals surface area contributed by atoms with Crippen molar-refractivity contribution in [3.63, 3.8) is 0 Å². The average molecular weight is 448 g/mol. The maximum absolute atomic E-state index is 13.4. The number of carbonyl (C=O) groups excluding carboxylic acids is 2. The minimum absolute atomic E-state index is 0.0191. The first-order valence-electron chi connectivity index (χ1n) is 9.76. The topological polar surface area (TPSA) is 112 Å². The smallest absolute Gasteiger partial charge is 0.311 e. The minimum Gasteiger partial charge on any atom is -0.490 e. The molecule has 164 valence electrons. The van der Waals surface area contributed by atoms with Gasteiger partial charge in [0.2, 0.25) is 0 Å². The van der Waals surface area contributed by atoms with Gasteiger partial charge in [0.1, 0.15) is 0 Å². The third-order valence-electron chi connectivity index (χ3n) is 5.42. The summed E-state index contributed by atoms with van der Waals surface area (Å²) in [6, 6.07) is 4.69. The number of nitrogens with zero attached hydrogens (tertiary/aromatic N) is 3. The van der Waals surface area contributed by atoms with Crippen molar-refractivity contribution in [2.75, 3.05) is 20.2 Å². The summed E-state index contributed by atoms with van der Waals surface area (Å²) in [5.74, 6) is -0.843. The Bertz CT molecular complexity index is 1080. The molecular weight excluding hydrogens is 426 g/mol. The standard InChI is InChI=1S/C21H22ClN3O6/c1-13-7-9-23(10-8-13)21(28)19(24-12-15(22)4-6-18(24)26)20(27)14-3-5-17(31-2)16(11-14)25(29)30/h3-6,11-13,19H,7-10H2,1-2H3/t19-/m1/s1. The number of ketones is 1. The molecule has 0 unspecified atom stereocenters. The quantitative estimate of drug-likeness (QED) is 0.291. The van der Waals surface area contributed by atoms with Gasteiger partial charge in [-0.3, -0.25) is 29.1 Å². The number of halogens is 1. The number of carbonyl (C=O) groups is 2. The van der Waals surface area contributed by atoms with E-state index in [1.54, 1.807) is 4.90 Å². The molecular formula is C21H22ClN3O6. The summed E-state index contributed by atoms with van der Waals surface area (Å²) < 4.78 is 5.96. The van der Waals surface area contributed by atoms with E-state index in [9.17, 15) is 24.5 Å². The lowest BCUT2D eigenvalue weighted by Gasteiger charge is -2.33. The third-order valence-corrected chi connectivity index (χ3v) is 5.64. The van der Waals surface area contributed by atoms with Crippen molar-refractivity contribution in [2.45, 2.75) is 25.8 Å². The van der Waals surface area contributed by atoms with E-state index in [0.29, 0.717) is 19.0 Å². The van der Waals surface area contributed by atoms with Crippen LogP contribution in [0.25, 0.3) is 0 Å². The molecule has 1 aliphatic rings. The molecule has 1 aromatic carbocycles. The molecule has 0 N–H and O–H groups in total. The van der Waals surface area contributed by atoms with Gasteiger partial charge in [0.25, 0.3) is 11.5 Å². The molecule has 0 saturated carbocycles. The molecule has 1 aromatic heterocycles. The maximum atomic E-state index is 13.4. The monoisotopic (exact) mass is 447 g/mol. The molecule has 2 heterocycles. The van der Waals surface area contributed by atoms with Crippen molar-refractivity contribution in [3.8, 4) is 5.75 Å². The number of nitro groups is 1. The van der Waals surface area contributed by atoms with Crippen LogP contribution in [-0.2, 0) is 4.79 Å². The molecule has 0 spiro atoms. The number of hydrogen-bond acceptors (Lipinski definition) is 6. The number of methoxy groups -OCH3 is 1. The number of nitro benzene ring substituents is 1. The lowest BCUT2D eigenvalue weighted by molar-refractivity contribution is -0.385. The van der Waals surface area contributed by atoms with Gasteiger partial charge in [0, 0.05) is 37.0 Å². The summed E-state index contributed by atoms with van der Waals surface area (Å²) in [4.78, 5) is 51.5. The first-order valence-corrected chi connectivity index (χ1v) is 10.1. The summed E-state index contributed by atoms with van der Waals surface area (Å²) in [5, 5.41) is 11.6. The zero-order valence-corrected chi connectivity index (χ0v) is 17.9. The van der Waals surface area contributed by atoms with Crippen LogP contribution in [0.5, 0.6) is 5.75 Å². The molecule has 10 heteroatoms. The van der Waals surface area contributed by atoms with Gasteiger partial charge in [-0.2, -0.15) is 0 Å². The fraction of sp³-hybridized carbons (Fsp3) is 0.381. The Kier molecular flexibility index (Phi) is 6.74. The van der Waals surface area contributed by atoms with Crippen LogP contribution >= 0.6 is 11.6 Å². The van der Waals surface area contributed by atoms with Gasteiger partial charge in [-0.1, -0.05) is 18.5 Å². The van der Waals surface area contributed by atoms with Crippen LogP contribution < -0.4 is 10.3 Å². The van der Waals surface area contributed by atoms with Crippen LogP contribution in [0.15, 0.2) is 41.3 Å². The number of benzene rings is 1. The van der Waals surface area contributed by atoms with E-state index in [-0.39, 0.29) is 16.3 Å². The summed E-state index contributed by atoms with van der Waals surface area (Å²) in [6.45, 7) is 3.01. The largest absolute Gasteiger partial charge is 0.490 e. The van der Waals surface area contributed by atoms with Crippen molar-refractivity contribution in [3.05, 3.63) is 67.6 Å². The SMILES string of the molecule is COc1ccc(C(=O)[C@H](C(=O)N2CCC(C)CC2)n2cc(Cl)ccc2=O)cc1[N+](=O)[O-]. The zero-order chi connectivity index (χ0) is 22.7. The second kappa shape index (κ2) is 9.30. The van der Waals surface area contributed by atoms with Gasteiger partial charge in [-0.25, -0.2) is 0 Å². The molecule has 0 aliphatic carbocycles. The normalized spacial score (nSPS) is 15.4. The van der Waals surface area contributed by atoms with Crippen LogP contribution in [-0.4, -0.2) is 46.3 Å². The van der Waals surface area contributed by atoms with Gasteiger partial charge in [-0.15, -0.1) is 0 Å². The van der Waals surface area contributed by atoms with Crippen molar-refractivity contribution in [2.24, 2.45) is 5.92 Å². The summed E-state index contributed by atoms with van der Waals surface area (Å²) in [6.07, 6.45) is 2.80. The molecule has 0 radical (unpaired) electrons. The Morgan fingerprint density at radius 2 is 1.90 bits per heavy atom. The number of ether oxygens (including phenoxy) is 1. The van der Waals surface area contributed by atoms with E-state index in [0.717, 1.165) is 23.5 Å². The van der Waals surface area contributed by atoms with Gasteiger partial charge in [0.05, 0.1) is 17.1 Å². The van der Waals surface area contributed by atoms with Gasteiger partial charge >= 0.3 is 5.69 Å². The van der Waals surface area contributed by atoms with E-state index in [1.807, 2.05) is 0 Å². The predicted octanol–water partition coefficient (Wildman–Crippen LogP) is 3.10. The fourth-order valence-electron chi connectivity index (χ4n) is 3.58. The molecule has 1 saturated heterocycles. The van der Waals surface area contributed by atoms with Gasteiger partial charge < -0.3 is 9.64 Å². The van der Waals surface area contributed by atoms with Crippen LogP contribution in [0, 0.1) is 16.0 Å². The summed E-state index contributed by atoms with van der Waals surface area (Å²) in [5.41, 5.74) is -1.07. The number of likely N-dealkylation sites (tertiary alicyclic amines) is 1. The number of hydrogen-bond donors (Lipinski definition) is 0. The van der Waals surface area contributed by atoms with Crippen LogP contribution in [0.2, 0.25) is 5.02 Å². The highest BCUT2D eigenvalue weighted by atomic mass is 35.5. The van der Waals surface area contributed by atoms with Crippen molar-refractivity contribution in [1.82, 2.24) is 9.47 Å². The molecule has 1 atom stereocenters. The van der Waals surface area contributed by atoms with Crippen molar-refractivity contribution in [1.29, 1.82) is 0 Å². The summed E-state index contributed by atoms with van der Waals surface area (Å²) >= 11 is 6.03. The average Bonchev–Trinajstić information content (AvgIpc) is 2.76. The Morgan fingerprint density at radius 1 is 1.23 bits per heavy atom. The van der Waals surface area contributed by atoms with E-state index in [1.165, 1.54) is 37.6 Å². The molecule has 2 aromatic rings. The Balaban J connectivity index is 2.08. The minimum atomic E-state index is -1.52. The lowest BCUT2D eigenvalue weighted by Crippen LogP contribution is -2.46. The van der Waals surface area contributed by atoms with Crippen molar-refractivity contribution < 1.29 is 19.2 Å². The first kappa shape index (κ1) is 22.5. The molecule has 1 aliphatic heterocycles. The van der Waals surface area contributed by atoms with Crippen molar-refractivity contribution >= 4 is 29.0 Å². The van der Waals surface area contributed by atoms with E-state index in [2.05, 4.69) is 6.92 Å². The molecule has 3 rings (SSSR count). The van der Waals surface area contributed by atoms with E-state index < -0.39 is 33.9 Å². The second-order valence-electron chi connectivity index (χ2n) is 7.51. The summed E-state index contributed by atoms with van der Waals surface area (Å²) in [7, 11) is 1.28. The highest BCUT2D eigenvalue weighted by Gasteiger charge is 2.36. The fourth-order valence-corrected chi connectivity index (χ4v) is 3.75. The predicted molar refractivity (Wildman–Crippen MR) is 114 cm³/mol. The molecule has 9 nitrogen and oxygen atoms in total. The number of piperidine rings is 1. The Morgan fingerprint density at radius 3 is 2.52 bits per heavy atom.